The number of carboxylic acids is 1. The Kier molecular flexibility index (Phi) is 4.85. The van der Waals surface area contributed by atoms with Crippen molar-refractivity contribution in [2.45, 2.75) is 33.2 Å². The molecule has 1 heterocycles. The molecule has 7 nitrogen and oxygen atoms in total. The standard InChI is InChI=1S/C20H21N3O4/c1-11(2)13-7-4-6-12(3)15(13)10-21-20(27)23-18(24)17-14(19(25)26)8-5-9-16(17)22-23/h4-9,11,22H,10H2,1-3H3,(H,21,27)(H,25,26). The molecule has 0 radical (unpaired) electrons. The number of aromatic carboxylic acids is 1. The van der Waals surface area contributed by atoms with Crippen molar-refractivity contribution in [3.8, 4) is 0 Å². The second-order valence-corrected chi connectivity index (χ2v) is 6.74. The molecule has 0 unspecified atom stereocenters. The Morgan fingerprint density at radius 2 is 1.89 bits per heavy atom. The van der Waals surface area contributed by atoms with Crippen LogP contribution in [0.4, 0.5) is 4.79 Å². The monoisotopic (exact) mass is 367 g/mol. The number of benzene rings is 2. The Morgan fingerprint density at radius 1 is 1.19 bits per heavy atom. The van der Waals surface area contributed by atoms with Crippen LogP contribution in [0.2, 0.25) is 0 Å². The molecule has 0 bridgehead atoms. The number of H-pyrrole nitrogens is 1. The van der Waals surface area contributed by atoms with E-state index in [0.717, 1.165) is 21.4 Å². The van der Waals surface area contributed by atoms with Gasteiger partial charge in [-0.1, -0.05) is 38.1 Å². The molecule has 3 aromatic rings. The predicted molar refractivity (Wildman–Crippen MR) is 102 cm³/mol. The van der Waals surface area contributed by atoms with Gasteiger partial charge in [0.05, 0.1) is 16.5 Å². The van der Waals surface area contributed by atoms with Crippen molar-refractivity contribution in [2.24, 2.45) is 0 Å². The van der Waals surface area contributed by atoms with Crippen molar-refractivity contribution in [1.82, 2.24) is 15.1 Å². The van der Waals surface area contributed by atoms with E-state index in [0.29, 0.717) is 11.4 Å². The van der Waals surface area contributed by atoms with Gasteiger partial charge in [0.1, 0.15) is 0 Å². The molecule has 2 aromatic carbocycles. The lowest BCUT2D eigenvalue weighted by molar-refractivity contribution is 0.0699. The van der Waals surface area contributed by atoms with E-state index in [1.165, 1.54) is 12.1 Å². The molecule has 1 aromatic heterocycles. The minimum absolute atomic E-state index is 0.0149. The first-order chi connectivity index (χ1) is 12.8. The number of amides is 1. The van der Waals surface area contributed by atoms with E-state index >= 15 is 0 Å². The highest BCUT2D eigenvalue weighted by molar-refractivity contribution is 6.03. The van der Waals surface area contributed by atoms with E-state index in [1.54, 1.807) is 6.07 Å². The van der Waals surface area contributed by atoms with Crippen LogP contribution in [0.15, 0.2) is 41.2 Å². The van der Waals surface area contributed by atoms with Crippen LogP contribution in [0, 0.1) is 6.92 Å². The van der Waals surface area contributed by atoms with E-state index in [-0.39, 0.29) is 17.5 Å². The smallest absolute Gasteiger partial charge is 0.343 e. The van der Waals surface area contributed by atoms with Gasteiger partial charge in [-0.3, -0.25) is 9.89 Å². The molecule has 1 amide bonds. The van der Waals surface area contributed by atoms with Crippen LogP contribution in [0.5, 0.6) is 0 Å². The summed E-state index contributed by atoms with van der Waals surface area (Å²) in [4.78, 5) is 36.4. The molecule has 0 aliphatic heterocycles. The Morgan fingerprint density at radius 3 is 2.56 bits per heavy atom. The lowest BCUT2D eigenvalue weighted by atomic mass is 9.94. The van der Waals surface area contributed by atoms with Gasteiger partial charge in [0, 0.05) is 6.54 Å². The van der Waals surface area contributed by atoms with Gasteiger partial charge in [-0.15, -0.1) is 0 Å². The summed E-state index contributed by atoms with van der Waals surface area (Å²) in [6, 6.07) is 9.76. The summed E-state index contributed by atoms with van der Waals surface area (Å²) in [5, 5.41) is 14.7. The Labute approximate surface area is 155 Å². The highest BCUT2D eigenvalue weighted by Gasteiger charge is 2.19. The second kappa shape index (κ2) is 7.11. The topological polar surface area (TPSA) is 104 Å². The zero-order valence-electron chi connectivity index (χ0n) is 15.4. The van der Waals surface area contributed by atoms with Crippen molar-refractivity contribution < 1.29 is 14.7 Å². The first-order valence-corrected chi connectivity index (χ1v) is 8.65. The number of carboxylic acid groups (broad SMARTS) is 1. The number of fused-ring (bicyclic) bond motifs is 1. The number of rotatable bonds is 4. The first kappa shape index (κ1) is 18.4. The highest BCUT2D eigenvalue weighted by Crippen LogP contribution is 2.22. The van der Waals surface area contributed by atoms with Crippen LogP contribution in [0.25, 0.3) is 10.9 Å². The third-order valence-electron chi connectivity index (χ3n) is 4.63. The summed E-state index contributed by atoms with van der Waals surface area (Å²) >= 11 is 0. The number of carbonyl (C=O) groups is 2. The molecule has 0 fully saturated rings. The molecular formula is C20H21N3O4. The van der Waals surface area contributed by atoms with Crippen LogP contribution >= 0.6 is 0 Å². The summed E-state index contributed by atoms with van der Waals surface area (Å²) in [5.74, 6) is -0.920. The van der Waals surface area contributed by atoms with E-state index < -0.39 is 17.6 Å². The van der Waals surface area contributed by atoms with Gasteiger partial charge in [0.15, 0.2) is 0 Å². The number of aryl methyl sites for hydroxylation is 1. The number of hydrogen-bond acceptors (Lipinski definition) is 3. The average molecular weight is 367 g/mol. The Bertz CT molecular complexity index is 1090. The van der Waals surface area contributed by atoms with Crippen LogP contribution in [-0.2, 0) is 6.54 Å². The molecule has 0 spiro atoms. The van der Waals surface area contributed by atoms with Crippen LogP contribution in [-0.4, -0.2) is 26.9 Å². The maximum absolute atomic E-state index is 12.6. The number of hydrogen-bond donors (Lipinski definition) is 3. The Balaban J connectivity index is 1.93. The minimum atomic E-state index is -1.22. The molecule has 0 aliphatic rings. The molecule has 0 aliphatic carbocycles. The quantitative estimate of drug-likeness (QED) is 0.658. The van der Waals surface area contributed by atoms with Gasteiger partial charge >= 0.3 is 12.0 Å². The van der Waals surface area contributed by atoms with E-state index in [9.17, 15) is 19.5 Å². The molecule has 3 N–H and O–H groups in total. The van der Waals surface area contributed by atoms with E-state index in [4.69, 9.17) is 0 Å². The average Bonchev–Trinajstić information content (AvgIpc) is 2.97. The van der Waals surface area contributed by atoms with Crippen molar-refractivity contribution >= 4 is 22.9 Å². The van der Waals surface area contributed by atoms with Gasteiger partial charge in [-0.2, -0.15) is 4.68 Å². The molecular weight excluding hydrogens is 346 g/mol. The predicted octanol–water partition coefficient (Wildman–Crippen LogP) is 3.22. The first-order valence-electron chi connectivity index (χ1n) is 8.65. The van der Waals surface area contributed by atoms with E-state index in [1.807, 2.05) is 25.1 Å². The fourth-order valence-electron chi connectivity index (χ4n) is 3.23. The second-order valence-electron chi connectivity index (χ2n) is 6.74. The maximum atomic E-state index is 12.6. The molecule has 0 atom stereocenters. The lowest BCUT2D eigenvalue weighted by Crippen LogP contribution is -2.35. The summed E-state index contributed by atoms with van der Waals surface area (Å²) < 4.78 is 0.810. The van der Waals surface area contributed by atoms with Crippen molar-refractivity contribution in [2.75, 3.05) is 0 Å². The van der Waals surface area contributed by atoms with Crippen molar-refractivity contribution in [3.63, 3.8) is 0 Å². The van der Waals surface area contributed by atoms with Gasteiger partial charge < -0.3 is 10.4 Å². The number of aromatic amines is 1. The van der Waals surface area contributed by atoms with Gasteiger partial charge in [0.2, 0.25) is 0 Å². The maximum Gasteiger partial charge on any atom is 0.343 e. The number of aromatic nitrogens is 2. The summed E-state index contributed by atoms with van der Waals surface area (Å²) in [6.45, 7) is 6.40. The number of nitrogens with one attached hydrogen (secondary N) is 2. The fraction of sp³-hybridized carbons (Fsp3) is 0.250. The molecule has 3 rings (SSSR count). The van der Waals surface area contributed by atoms with Gasteiger partial charge in [-0.25, -0.2) is 9.59 Å². The number of nitrogens with zero attached hydrogens (tertiary/aromatic N) is 1. The fourth-order valence-corrected chi connectivity index (χ4v) is 3.23. The zero-order valence-corrected chi connectivity index (χ0v) is 15.4. The number of carbonyl (C=O) groups excluding carboxylic acids is 1. The van der Waals surface area contributed by atoms with Gasteiger partial charge in [0.25, 0.3) is 5.56 Å². The molecule has 140 valence electrons. The van der Waals surface area contributed by atoms with Crippen LogP contribution in [0.1, 0.15) is 46.8 Å². The van der Waals surface area contributed by atoms with Crippen LogP contribution in [0.3, 0.4) is 0 Å². The summed E-state index contributed by atoms with van der Waals surface area (Å²) in [5.41, 5.74) is 2.67. The molecule has 7 heteroatoms. The SMILES string of the molecule is Cc1cccc(C(C)C)c1CNC(=O)n1[nH]c2cccc(C(=O)O)c2c1=O. The highest BCUT2D eigenvalue weighted by atomic mass is 16.4. The van der Waals surface area contributed by atoms with Crippen molar-refractivity contribution in [1.29, 1.82) is 0 Å². The van der Waals surface area contributed by atoms with Crippen LogP contribution < -0.4 is 10.9 Å². The van der Waals surface area contributed by atoms with E-state index in [2.05, 4.69) is 24.3 Å². The minimum Gasteiger partial charge on any atom is -0.478 e. The largest absolute Gasteiger partial charge is 0.478 e. The Hall–Kier alpha value is -3.35. The normalized spacial score (nSPS) is 11.1. The summed E-state index contributed by atoms with van der Waals surface area (Å²) in [6.07, 6.45) is 0. The molecule has 27 heavy (non-hydrogen) atoms. The molecule has 0 saturated heterocycles. The third kappa shape index (κ3) is 3.36. The molecule has 0 saturated carbocycles. The zero-order chi connectivity index (χ0) is 19.7. The summed E-state index contributed by atoms with van der Waals surface area (Å²) in [7, 11) is 0. The van der Waals surface area contributed by atoms with Gasteiger partial charge in [-0.05, 0) is 41.7 Å². The van der Waals surface area contributed by atoms with Crippen molar-refractivity contribution in [3.05, 3.63) is 69.0 Å². The lowest BCUT2D eigenvalue weighted by Gasteiger charge is -2.16. The third-order valence-corrected chi connectivity index (χ3v) is 4.63.